The van der Waals surface area contributed by atoms with E-state index in [4.69, 9.17) is 16.5 Å². The summed E-state index contributed by atoms with van der Waals surface area (Å²) in [7, 11) is 0. The van der Waals surface area contributed by atoms with Gasteiger partial charge in [-0.25, -0.2) is 0 Å². The quantitative estimate of drug-likeness (QED) is 0.706. The Morgan fingerprint density at radius 1 is 1.17 bits per heavy atom. The molecule has 0 aliphatic heterocycles. The van der Waals surface area contributed by atoms with Crippen molar-refractivity contribution in [2.75, 3.05) is 0 Å². The summed E-state index contributed by atoms with van der Waals surface area (Å²) < 4.78 is 9.30. The van der Waals surface area contributed by atoms with Gasteiger partial charge in [0.2, 0.25) is 0 Å². The van der Waals surface area contributed by atoms with Crippen LogP contribution in [0.3, 0.4) is 0 Å². The maximum absolute atomic E-state index is 9.30. The van der Waals surface area contributed by atoms with Gasteiger partial charge in [-0.05, 0) is 34.6 Å². The molecule has 1 aromatic carbocycles. The molecule has 1 rings (SSSR count). The van der Waals surface area contributed by atoms with Gasteiger partial charge in [0, 0.05) is 5.02 Å². The zero-order valence-electron chi connectivity index (χ0n) is 5.82. The van der Waals surface area contributed by atoms with Crippen molar-refractivity contribution in [3.8, 4) is 0 Å². The van der Waals surface area contributed by atoms with Crippen molar-refractivity contribution < 1.29 is 9.46 Å². The Hall–Kier alpha value is 0.280. The lowest BCUT2D eigenvalue weighted by atomic mass is 10.4. The van der Waals surface area contributed by atoms with Crippen LogP contribution in [0.4, 0.5) is 0 Å². The van der Waals surface area contributed by atoms with Crippen molar-refractivity contribution in [2.45, 2.75) is 0 Å². The van der Waals surface area contributed by atoms with Crippen molar-refractivity contribution in [3.05, 3.63) is 35.4 Å². The van der Waals surface area contributed by atoms with Crippen LogP contribution >= 0.6 is 40.2 Å². The fourth-order valence-electron chi connectivity index (χ4n) is 0.415. The monoisotopic (exact) mass is 246 g/mol. The molecule has 0 amide bonds. The molecule has 68 valence electrons. The van der Waals surface area contributed by atoms with Crippen LogP contribution in [0, 0.1) is 0 Å². The van der Waals surface area contributed by atoms with E-state index in [2.05, 4.69) is 22.5 Å². The summed E-state index contributed by atoms with van der Waals surface area (Å²) in [5, 5.41) is 0.794. The van der Waals surface area contributed by atoms with E-state index in [1.807, 2.05) is 30.3 Å². The summed E-state index contributed by atoms with van der Waals surface area (Å²) in [5.41, 5.74) is 0. The van der Waals surface area contributed by atoms with E-state index in [9.17, 15) is 4.57 Å². The molecule has 0 spiro atoms. The third-order valence-electron chi connectivity index (χ3n) is 0.733. The SMILES string of the molecule is Clc1ccccc1.O=P(O)(Cl)Cl. The van der Waals surface area contributed by atoms with Crippen molar-refractivity contribution in [2.24, 2.45) is 0 Å². The molecule has 0 atom stereocenters. The molecule has 0 bridgehead atoms. The van der Waals surface area contributed by atoms with E-state index < -0.39 is 6.07 Å². The normalized spacial score (nSPS) is 10.0. The Morgan fingerprint density at radius 2 is 1.50 bits per heavy atom. The fourth-order valence-corrected chi connectivity index (χ4v) is 0.560. The Bertz CT molecular complexity index is 250. The van der Waals surface area contributed by atoms with Gasteiger partial charge in [0.05, 0.1) is 0 Å². The number of hydrogen-bond acceptors (Lipinski definition) is 1. The minimum absolute atomic E-state index is 0.794. The molecule has 0 heterocycles. The molecule has 0 aliphatic carbocycles. The maximum atomic E-state index is 9.30. The van der Waals surface area contributed by atoms with E-state index >= 15 is 0 Å². The number of hydrogen-bond donors (Lipinski definition) is 1. The third kappa shape index (κ3) is 12.9. The second-order valence-electron chi connectivity index (χ2n) is 1.73. The van der Waals surface area contributed by atoms with Crippen LogP contribution in [-0.2, 0) is 4.57 Å². The van der Waals surface area contributed by atoms with Gasteiger partial charge >= 0.3 is 6.07 Å². The second-order valence-corrected chi connectivity index (χ2v) is 6.30. The minimum Gasteiger partial charge on any atom is -0.322 e. The highest BCUT2D eigenvalue weighted by atomic mass is 35.9. The molecule has 12 heavy (non-hydrogen) atoms. The van der Waals surface area contributed by atoms with Crippen molar-refractivity contribution in [3.63, 3.8) is 0 Å². The first kappa shape index (κ1) is 12.3. The summed E-state index contributed by atoms with van der Waals surface area (Å²) in [6.07, 6.45) is -3.69. The minimum atomic E-state index is -3.69. The van der Waals surface area contributed by atoms with Gasteiger partial charge in [-0.1, -0.05) is 29.8 Å². The largest absolute Gasteiger partial charge is 0.377 e. The average Bonchev–Trinajstić information content (AvgIpc) is 1.85. The van der Waals surface area contributed by atoms with Crippen LogP contribution in [0.1, 0.15) is 0 Å². The smallest absolute Gasteiger partial charge is 0.322 e. The first-order valence-electron chi connectivity index (χ1n) is 2.82. The molecule has 0 aromatic heterocycles. The van der Waals surface area contributed by atoms with E-state index in [1.54, 1.807) is 0 Å². The van der Waals surface area contributed by atoms with Crippen molar-refractivity contribution >= 4 is 40.2 Å². The maximum Gasteiger partial charge on any atom is 0.377 e. The molecule has 0 unspecified atom stereocenters. The zero-order valence-corrected chi connectivity index (χ0v) is 8.99. The zero-order chi connectivity index (χ0) is 9.61. The summed E-state index contributed by atoms with van der Waals surface area (Å²) >= 11 is 14.4. The van der Waals surface area contributed by atoms with Crippen LogP contribution in [0.5, 0.6) is 0 Å². The molecular formula is C6H6Cl3O2P. The topological polar surface area (TPSA) is 37.3 Å². The predicted octanol–water partition coefficient (Wildman–Crippen LogP) is 3.90. The molecule has 0 saturated carbocycles. The molecule has 6 heteroatoms. The Balaban J connectivity index is 0.000000217. The fraction of sp³-hybridized carbons (Fsp3) is 0. The highest BCUT2D eigenvalue weighted by Gasteiger charge is 2.02. The Morgan fingerprint density at radius 3 is 1.67 bits per heavy atom. The van der Waals surface area contributed by atoms with Gasteiger partial charge in [-0.2, -0.15) is 0 Å². The molecule has 0 radical (unpaired) electrons. The predicted molar refractivity (Wildman–Crippen MR) is 53.0 cm³/mol. The van der Waals surface area contributed by atoms with Gasteiger partial charge < -0.3 is 4.89 Å². The molecular weight excluding hydrogens is 241 g/mol. The first-order valence-corrected chi connectivity index (χ1v) is 6.67. The van der Waals surface area contributed by atoms with E-state index in [0.717, 1.165) is 5.02 Å². The van der Waals surface area contributed by atoms with E-state index in [0.29, 0.717) is 0 Å². The lowest BCUT2D eigenvalue weighted by Crippen LogP contribution is -1.55. The van der Waals surface area contributed by atoms with Crippen LogP contribution in [-0.4, -0.2) is 4.89 Å². The van der Waals surface area contributed by atoms with E-state index in [1.165, 1.54) is 0 Å². The Labute approximate surface area is 85.1 Å². The molecule has 0 saturated heterocycles. The van der Waals surface area contributed by atoms with Gasteiger partial charge in [0.1, 0.15) is 0 Å². The van der Waals surface area contributed by atoms with Crippen molar-refractivity contribution in [1.82, 2.24) is 0 Å². The second kappa shape index (κ2) is 5.85. The summed E-state index contributed by atoms with van der Waals surface area (Å²) in [4.78, 5) is 7.61. The standard InChI is InChI=1S/C6H5Cl.Cl2HO2P/c7-6-4-2-1-3-5-6;1-5(2,3)4/h1-5H;(H,3,4). The average molecular weight is 247 g/mol. The van der Waals surface area contributed by atoms with Crippen LogP contribution in [0.15, 0.2) is 30.3 Å². The summed E-state index contributed by atoms with van der Waals surface area (Å²) in [6, 6.07) is 9.44. The highest BCUT2D eigenvalue weighted by molar-refractivity contribution is 8.04. The molecule has 0 aliphatic rings. The molecule has 1 aromatic rings. The number of benzene rings is 1. The van der Waals surface area contributed by atoms with Gasteiger partial charge in [0.25, 0.3) is 0 Å². The van der Waals surface area contributed by atoms with Gasteiger partial charge in [0.15, 0.2) is 0 Å². The lowest BCUT2D eigenvalue weighted by Gasteiger charge is -1.80. The Kier molecular flexibility index (Phi) is 5.98. The van der Waals surface area contributed by atoms with E-state index in [-0.39, 0.29) is 0 Å². The first-order chi connectivity index (χ1) is 5.39. The number of halogens is 3. The van der Waals surface area contributed by atoms with Gasteiger partial charge in [-0.15, -0.1) is 0 Å². The molecule has 0 fully saturated rings. The van der Waals surface area contributed by atoms with Gasteiger partial charge in [-0.3, -0.25) is 4.57 Å². The molecule has 2 nitrogen and oxygen atoms in total. The highest BCUT2D eigenvalue weighted by Crippen LogP contribution is 2.51. The van der Waals surface area contributed by atoms with Crippen LogP contribution < -0.4 is 0 Å². The third-order valence-corrected chi connectivity index (χ3v) is 0.985. The van der Waals surface area contributed by atoms with Crippen LogP contribution in [0.2, 0.25) is 5.02 Å². The summed E-state index contributed by atoms with van der Waals surface area (Å²) in [6.45, 7) is 0. The number of rotatable bonds is 0. The van der Waals surface area contributed by atoms with Crippen molar-refractivity contribution in [1.29, 1.82) is 0 Å². The van der Waals surface area contributed by atoms with Crippen LogP contribution in [0.25, 0.3) is 0 Å². The molecule has 1 N–H and O–H groups in total. The summed E-state index contributed by atoms with van der Waals surface area (Å²) in [5.74, 6) is 0. The lowest BCUT2D eigenvalue weighted by molar-refractivity contribution is 0.512.